The van der Waals surface area contributed by atoms with Crippen LogP contribution in [0.4, 0.5) is 0 Å². The molecule has 5 heteroatoms. The van der Waals surface area contributed by atoms with Crippen LogP contribution in [0.5, 0.6) is 0 Å². The highest BCUT2D eigenvalue weighted by molar-refractivity contribution is 6.35. The molecule has 130 valence electrons. The monoisotopic (exact) mass is 330 g/mol. The quantitative estimate of drug-likeness (QED) is 0.778. The molecule has 0 aromatic heterocycles. The molecule has 1 aliphatic rings. The van der Waals surface area contributed by atoms with Gasteiger partial charge in [-0.25, -0.2) is 0 Å². The van der Waals surface area contributed by atoms with Crippen molar-refractivity contribution in [1.82, 2.24) is 9.80 Å². The molecule has 5 nitrogen and oxygen atoms in total. The number of amides is 2. The first-order chi connectivity index (χ1) is 11.4. The van der Waals surface area contributed by atoms with E-state index in [1.54, 1.807) is 11.9 Å². The fraction of sp³-hybridized carbons (Fsp3) is 0.474. The molecule has 2 amide bonds. The van der Waals surface area contributed by atoms with Gasteiger partial charge in [0.05, 0.1) is 12.2 Å². The van der Waals surface area contributed by atoms with E-state index in [1.807, 2.05) is 39.0 Å². The number of aliphatic hydroxyl groups is 1. The minimum atomic E-state index is -0.266. The number of rotatable bonds is 7. The van der Waals surface area contributed by atoms with Crippen LogP contribution in [0.15, 0.2) is 23.9 Å². The number of nitrogens with zero attached hydrogens (tertiary/aromatic N) is 2. The summed E-state index contributed by atoms with van der Waals surface area (Å²) in [5, 5.41) is 9.22. The van der Waals surface area contributed by atoms with Gasteiger partial charge in [0.15, 0.2) is 0 Å². The fourth-order valence-corrected chi connectivity index (χ4v) is 2.86. The van der Waals surface area contributed by atoms with Crippen molar-refractivity contribution in [3.8, 4) is 0 Å². The molecule has 2 rings (SSSR count). The van der Waals surface area contributed by atoms with Crippen molar-refractivity contribution in [2.75, 3.05) is 26.7 Å². The summed E-state index contributed by atoms with van der Waals surface area (Å²) in [6.07, 6.45) is 1.70. The molecule has 0 saturated heterocycles. The third-order valence-electron chi connectivity index (χ3n) is 4.49. The second-order valence-electron chi connectivity index (χ2n) is 6.28. The first-order valence-electron chi connectivity index (χ1n) is 8.42. The third kappa shape index (κ3) is 3.36. The highest BCUT2D eigenvalue weighted by Crippen LogP contribution is 2.32. The summed E-state index contributed by atoms with van der Waals surface area (Å²) in [7, 11) is 1.74. The van der Waals surface area contributed by atoms with Crippen LogP contribution in [0.1, 0.15) is 36.5 Å². The largest absolute Gasteiger partial charge is 0.395 e. The topological polar surface area (TPSA) is 60.9 Å². The van der Waals surface area contributed by atoms with Crippen LogP contribution < -0.4 is 0 Å². The molecule has 0 fully saturated rings. The van der Waals surface area contributed by atoms with E-state index in [4.69, 9.17) is 0 Å². The SMILES string of the molecule is CCCCN1C(=O)C(c2ccc(C)c(C)c2)=C(N(C)CCO)C1=O. The van der Waals surface area contributed by atoms with Crippen LogP contribution in [0.25, 0.3) is 5.57 Å². The normalized spacial score (nSPS) is 14.8. The summed E-state index contributed by atoms with van der Waals surface area (Å²) < 4.78 is 0. The molecule has 0 spiro atoms. The van der Waals surface area contributed by atoms with E-state index in [2.05, 4.69) is 0 Å². The van der Waals surface area contributed by atoms with Crippen molar-refractivity contribution in [2.45, 2.75) is 33.6 Å². The van der Waals surface area contributed by atoms with Gasteiger partial charge in [0.25, 0.3) is 11.8 Å². The van der Waals surface area contributed by atoms with E-state index in [1.165, 1.54) is 4.90 Å². The maximum Gasteiger partial charge on any atom is 0.277 e. The Balaban J connectivity index is 2.52. The first-order valence-corrected chi connectivity index (χ1v) is 8.42. The summed E-state index contributed by atoms with van der Waals surface area (Å²) in [4.78, 5) is 28.7. The molecule has 1 aliphatic heterocycles. The molecule has 0 atom stereocenters. The molecule has 1 heterocycles. The lowest BCUT2D eigenvalue weighted by molar-refractivity contribution is -0.137. The van der Waals surface area contributed by atoms with E-state index in [0.717, 1.165) is 29.5 Å². The van der Waals surface area contributed by atoms with Gasteiger partial charge in [-0.05, 0) is 37.0 Å². The molecule has 1 N–H and O–H groups in total. The van der Waals surface area contributed by atoms with Gasteiger partial charge in [-0.2, -0.15) is 0 Å². The van der Waals surface area contributed by atoms with Crippen molar-refractivity contribution < 1.29 is 14.7 Å². The van der Waals surface area contributed by atoms with E-state index < -0.39 is 0 Å². The van der Waals surface area contributed by atoms with Gasteiger partial charge in [-0.15, -0.1) is 0 Å². The highest BCUT2D eigenvalue weighted by Gasteiger charge is 2.40. The number of imide groups is 1. The number of unbranched alkanes of at least 4 members (excludes halogenated alkanes) is 1. The highest BCUT2D eigenvalue weighted by atomic mass is 16.3. The van der Waals surface area contributed by atoms with Gasteiger partial charge in [0, 0.05) is 20.1 Å². The van der Waals surface area contributed by atoms with Crippen molar-refractivity contribution in [3.63, 3.8) is 0 Å². The Hall–Kier alpha value is -2.14. The number of carbonyl (C=O) groups is 2. The zero-order valence-electron chi connectivity index (χ0n) is 14.9. The van der Waals surface area contributed by atoms with Crippen molar-refractivity contribution in [3.05, 3.63) is 40.6 Å². The molecule has 24 heavy (non-hydrogen) atoms. The molecular formula is C19H26N2O3. The first kappa shape index (κ1) is 18.2. The predicted octanol–water partition coefficient (Wildman–Crippen LogP) is 2.11. The molecular weight excluding hydrogens is 304 g/mol. The number of aryl methyl sites for hydroxylation is 2. The van der Waals surface area contributed by atoms with Gasteiger partial charge in [0.2, 0.25) is 0 Å². The van der Waals surface area contributed by atoms with Gasteiger partial charge < -0.3 is 10.0 Å². The molecule has 0 bridgehead atoms. The van der Waals surface area contributed by atoms with E-state index in [9.17, 15) is 14.7 Å². The van der Waals surface area contributed by atoms with Gasteiger partial charge in [-0.3, -0.25) is 14.5 Å². The average Bonchev–Trinajstić information content (AvgIpc) is 2.79. The average molecular weight is 330 g/mol. The summed E-state index contributed by atoms with van der Waals surface area (Å²) in [5.74, 6) is -0.505. The number of likely N-dealkylation sites (N-methyl/N-ethyl adjacent to an activating group) is 1. The summed E-state index contributed by atoms with van der Waals surface area (Å²) in [6.45, 7) is 6.70. The van der Waals surface area contributed by atoms with Crippen LogP contribution in [-0.4, -0.2) is 53.5 Å². The smallest absolute Gasteiger partial charge is 0.277 e. The van der Waals surface area contributed by atoms with E-state index in [-0.39, 0.29) is 18.4 Å². The van der Waals surface area contributed by atoms with Gasteiger partial charge >= 0.3 is 0 Å². The third-order valence-corrected chi connectivity index (χ3v) is 4.49. The van der Waals surface area contributed by atoms with Crippen LogP contribution in [0.2, 0.25) is 0 Å². The maximum atomic E-state index is 12.9. The molecule has 0 aliphatic carbocycles. The Morgan fingerprint density at radius 2 is 1.83 bits per heavy atom. The summed E-state index contributed by atoms with van der Waals surface area (Å²) in [6, 6.07) is 5.80. The number of benzene rings is 1. The Morgan fingerprint density at radius 1 is 1.12 bits per heavy atom. The van der Waals surface area contributed by atoms with Crippen molar-refractivity contribution >= 4 is 17.4 Å². The maximum absolute atomic E-state index is 12.9. The molecule has 0 radical (unpaired) electrons. The Kier molecular flexibility index (Phi) is 5.78. The zero-order chi connectivity index (χ0) is 17.9. The Morgan fingerprint density at radius 3 is 2.42 bits per heavy atom. The van der Waals surface area contributed by atoms with Gasteiger partial charge in [-0.1, -0.05) is 31.5 Å². The van der Waals surface area contributed by atoms with Crippen LogP contribution >= 0.6 is 0 Å². The van der Waals surface area contributed by atoms with Crippen LogP contribution in [-0.2, 0) is 9.59 Å². The number of carbonyl (C=O) groups excluding carboxylic acids is 2. The minimum absolute atomic E-state index is 0.0728. The lowest BCUT2D eigenvalue weighted by Crippen LogP contribution is -2.35. The number of hydrogen-bond acceptors (Lipinski definition) is 4. The lowest BCUT2D eigenvalue weighted by Gasteiger charge is -2.20. The van der Waals surface area contributed by atoms with Crippen LogP contribution in [0.3, 0.4) is 0 Å². The summed E-state index contributed by atoms with van der Waals surface area (Å²) in [5.41, 5.74) is 3.81. The van der Waals surface area contributed by atoms with E-state index >= 15 is 0 Å². The van der Waals surface area contributed by atoms with Crippen molar-refractivity contribution in [1.29, 1.82) is 0 Å². The van der Waals surface area contributed by atoms with Crippen molar-refractivity contribution in [2.24, 2.45) is 0 Å². The number of hydrogen-bond donors (Lipinski definition) is 1. The standard InChI is InChI=1S/C19H26N2O3/c1-5-6-9-21-18(23)16(15-8-7-13(2)14(3)12-15)17(19(21)24)20(4)10-11-22/h7-8,12,22H,5-6,9-11H2,1-4H3. The Labute approximate surface area is 143 Å². The molecule has 1 aromatic carbocycles. The second kappa shape index (κ2) is 7.62. The van der Waals surface area contributed by atoms with E-state index in [0.29, 0.717) is 24.4 Å². The predicted molar refractivity (Wildman–Crippen MR) is 94.2 cm³/mol. The minimum Gasteiger partial charge on any atom is -0.395 e. The summed E-state index contributed by atoms with van der Waals surface area (Å²) >= 11 is 0. The molecule has 0 saturated carbocycles. The molecule has 0 unspecified atom stereocenters. The lowest BCUT2D eigenvalue weighted by atomic mass is 9.99. The Bertz CT molecular complexity index is 679. The molecule has 1 aromatic rings. The number of aliphatic hydroxyl groups excluding tert-OH is 1. The fourth-order valence-electron chi connectivity index (χ4n) is 2.86. The second-order valence-corrected chi connectivity index (χ2v) is 6.28. The zero-order valence-corrected chi connectivity index (χ0v) is 14.9. The van der Waals surface area contributed by atoms with Crippen LogP contribution in [0, 0.1) is 13.8 Å². The van der Waals surface area contributed by atoms with Gasteiger partial charge in [0.1, 0.15) is 5.70 Å².